The fraction of sp³-hybridized carbons (Fsp3) is 0.227. The summed E-state index contributed by atoms with van der Waals surface area (Å²) >= 11 is 6.07. The molecule has 1 atom stereocenters. The van der Waals surface area contributed by atoms with E-state index in [1.807, 2.05) is 30.3 Å². The second kappa shape index (κ2) is 10.5. The van der Waals surface area contributed by atoms with Crippen LogP contribution in [0, 0.1) is 5.92 Å². The van der Waals surface area contributed by atoms with Gasteiger partial charge in [-0.15, -0.1) is 0 Å². The Morgan fingerprint density at radius 1 is 1.03 bits per heavy atom. The normalized spacial score (nSPS) is 11.6. The SMILES string of the molecule is CC(C)[C@H](NC(=O)c1ccccc1Cl)C(=O)OCc1nc(N)nc(Nc2ccccc2)n1. The van der Waals surface area contributed by atoms with Gasteiger partial charge in [0.25, 0.3) is 5.91 Å². The predicted molar refractivity (Wildman–Crippen MR) is 121 cm³/mol. The molecule has 1 heterocycles. The average molecular weight is 455 g/mol. The lowest BCUT2D eigenvalue weighted by atomic mass is 10.0. The molecular formula is C22H23ClN6O3. The molecule has 10 heteroatoms. The first kappa shape index (κ1) is 23.0. The summed E-state index contributed by atoms with van der Waals surface area (Å²) < 4.78 is 5.36. The van der Waals surface area contributed by atoms with Crippen LogP contribution in [-0.2, 0) is 16.1 Å². The van der Waals surface area contributed by atoms with Crippen LogP contribution in [0.1, 0.15) is 30.0 Å². The predicted octanol–water partition coefficient (Wildman–Crippen LogP) is 3.35. The number of aromatic nitrogens is 3. The van der Waals surface area contributed by atoms with Gasteiger partial charge in [0.15, 0.2) is 12.4 Å². The zero-order chi connectivity index (χ0) is 23.1. The van der Waals surface area contributed by atoms with Crippen LogP contribution in [-0.4, -0.2) is 32.9 Å². The Balaban J connectivity index is 1.66. The Hall–Kier alpha value is -3.72. The number of nitrogens with two attached hydrogens (primary N) is 1. The van der Waals surface area contributed by atoms with Gasteiger partial charge < -0.3 is 21.1 Å². The molecule has 0 aliphatic rings. The number of nitrogens with zero attached hydrogens (tertiary/aromatic N) is 3. The topological polar surface area (TPSA) is 132 Å². The number of esters is 1. The summed E-state index contributed by atoms with van der Waals surface area (Å²) in [6.45, 7) is 3.35. The first-order valence-corrected chi connectivity index (χ1v) is 10.3. The highest BCUT2D eigenvalue weighted by atomic mass is 35.5. The highest BCUT2D eigenvalue weighted by Crippen LogP contribution is 2.16. The Morgan fingerprint density at radius 3 is 2.41 bits per heavy atom. The standard InChI is InChI=1S/C22H23ClN6O3/c1-13(2)18(28-19(30)15-10-6-7-11-16(15)23)20(31)32-12-17-26-21(24)29-22(27-17)25-14-8-4-3-5-9-14/h3-11,13,18H,12H2,1-2H3,(H,28,30)(H3,24,25,26,27,29)/t18-/m0/s1. The fourth-order valence-electron chi connectivity index (χ4n) is 2.80. The molecule has 32 heavy (non-hydrogen) atoms. The second-order valence-corrected chi connectivity index (χ2v) is 7.61. The molecular weight excluding hydrogens is 432 g/mol. The van der Waals surface area contributed by atoms with Crippen molar-refractivity contribution in [2.45, 2.75) is 26.5 Å². The number of rotatable bonds is 8. The molecule has 0 unspecified atom stereocenters. The molecule has 0 saturated heterocycles. The molecule has 1 amide bonds. The zero-order valence-corrected chi connectivity index (χ0v) is 18.3. The van der Waals surface area contributed by atoms with E-state index in [9.17, 15) is 9.59 Å². The Labute approximate surface area is 190 Å². The number of anilines is 3. The van der Waals surface area contributed by atoms with Crippen LogP contribution < -0.4 is 16.4 Å². The monoisotopic (exact) mass is 454 g/mol. The van der Waals surface area contributed by atoms with E-state index in [0.29, 0.717) is 5.02 Å². The Kier molecular flexibility index (Phi) is 7.56. The molecule has 0 saturated carbocycles. The highest BCUT2D eigenvalue weighted by Gasteiger charge is 2.27. The molecule has 0 bridgehead atoms. The molecule has 3 rings (SSSR count). The van der Waals surface area contributed by atoms with Crippen LogP contribution >= 0.6 is 11.6 Å². The van der Waals surface area contributed by atoms with Crippen molar-refractivity contribution in [3.05, 3.63) is 71.0 Å². The van der Waals surface area contributed by atoms with Crippen molar-refractivity contribution in [1.29, 1.82) is 0 Å². The summed E-state index contributed by atoms with van der Waals surface area (Å²) in [4.78, 5) is 37.5. The van der Waals surface area contributed by atoms with Gasteiger partial charge in [-0.25, -0.2) is 4.79 Å². The number of halogens is 1. The van der Waals surface area contributed by atoms with E-state index in [1.54, 1.807) is 38.1 Å². The number of nitrogen functional groups attached to an aromatic ring is 1. The van der Waals surface area contributed by atoms with E-state index in [2.05, 4.69) is 25.6 Å². The van der Waals surface area contributed by atoms with Crippen LogP contribution in [0.2, 0.25) is 5.02 Å². The van der Waals surface area contributed by atoms with Crippen molar-refractivity contribution in [3.63, 3.8) is 0 Å². The van der Waals surface area contributed by atoms with Crippen molar-refractivity contribution < 1.29 is 14.3 Å². The third-order valence-corrected chi connectivity index (χ3v) is 4.73. The molecule has 2 aromatic carbocycles. The number of benzene rings is 2. The highest BCUT2D eigenvalue weighted by molar-refractivity contribution is 6.33. The summed E-state index contributed by atoms with van der Waals surface area (Å²) in [6.07, 6.45) is 0. The maximum atomic E-state index is 12.7. The largest absolute Gasteiger partial charge is 0.456 e. The lowest BCUT2D eigenvalue weighted by Gasteiger charge is -2.21. The Bertz CT molecular complexity index is 1090. The number of hydrogen-bond acceptors (Lipinski definition) is 8. The van der Waals surface area contributed by atoms with E-state index in [1.165, 1.54) is 0 Å². The molecule has 4 N–H and O–H groups in total. The molecule has 0 spiro atoms. The minimum absolute atomic E-state index is 0.0167. The van der Waals surface area contributed by atoms with E-state index in [0.717, 1.165) is 5.69 Å². The van der Waals surface area contributed by atoms with Crippen molar-refractivity contribution >= 4 is 41.1 Å². The summed E-state index contributed by atoms with van der Waals surface area (Å²) in [7, 11) is 0. The number of ether oxygens (including phenoxy) is 1. The smallest absolute Gasteiger partial charge is 0.329 e. The number of carbonyl (C=O) groups excluding carboxylic acids is 2. The molecule has 3 aromatic rings. The lowest BCUT2D eigenvalue weighted by Crippen LogP contribution is -2.45. The van der Waals surface area contributed by atoms with Crippen molar-refractivity contribution in [3.8, 4) is 0 Å². The first-order chi connectivity index (χ1) is 15.3. The van der Waals surface area contributed by atoms with Gasteiger partial charge >= 0.3 is 5.97 Å². The number of nitrogens with one attached hydrogen (secondary N) is 2. The van der Waals surface area contributed by atoms with E-state index in [4.69, 9.17) is 22.1 Å². The quantitative estimate of drug-likeness (QED) is 0.441. The fourth-order valence-corrected chi connectivity index (χ4v) is 3.02. The van der Waals surface area contributed by atoms with Gasteiger partial charge in [-0.05, 0) is 30.2 Å². The van der Waals surface area contributed by atoms with E-state index >= 15 is 0 Å². The second-order valence-electron chi connectivity index (χ2n) is 7.21. The molecule has 0 aliphatic carbocycles. The van der Waals surface area contributed by atoms with Gasteiger partial charge in [0.1, 0.15) is 6.04 Å². The van der Waals surface area contributed by atoms with Crippen LogP contribution in [0.15, 0.2) is 54.6 Å². The van der Waals surface area contributed by atoms with Gasteiger partial charge in [-0.3, -0.25) is 4.79 Å². The molecule has 1 aromatic heterocycles. The first-order valence-electron chi connectivity index (χ1n) is 9.88. The van der Waals surface area contributed by atoms with Gasteiger partial charge in [0.2, 0.25) is 11.9 Å². The molecule has 9 nitrogen and oxygen atoms in total. The minimum atomic E-state index is -0.889. The van der Waals surface area contributed by atoms with Crippen LogP contribution in [0.5, 0.6) is 0 Å². The van der Waals surface area contributed by atoms with Gasteiger partial charge in [-0.1, -0.05) is 55.8 Å². The van der Waals surface area contributed by atoms with Crippen LogP contribution in [0.3, 0.4) is 0 Å². The maximum Gasteiger partial charge on any atom is 0.329 e. The van der Waals surface area contributed by atoms with E-state index < -0.39 is 17.9 Å². The Morgan fingerprint density at radius 2 is 1.72 bits per heavy atom. The van der Waals surface area contributed by atoms with Crippen LogP contribution in [0.4, 0.5) is 17.6 Å². The number of hydrogen-bond donors (Lipinski definition) is 3. The number of carbonyl (C=O) groups is 2. The summed E-state index contributed by atoms with van der Waals surface area (Å²) in [6, 6.07) is 15.0. The van der Waals surface area contributed by atoms with Gasteiger partial charge in [0, 0.05) is 5.69 Å². The number of para-hydroxylation sites is 1. The summed E-state index contributed by atoms with van der Waals surface area (Å²) in [5.74, 6) is -0.946. The van der Waals surface area contributed by atoms with Crippen molar-refractivity contribution in [2.24, 2.45) is 5.92 Å². The van der Waals surface area contributed by atoms with Crippen molar-refractivity contribution in [1.82, 2.24) is 20.3 Å². The zero-order valence-electron chi connectivity index (χ0n) is 17.6. The maximum absolute atomic E-state index is 12.7. The van der Waals surface area contributed by atoms with Gasteiger partial charge in [-0.2, -0.15) is 15.0 Å². The van der Waals surface area contributed by atoms with Gasteiger partial charge in [0.05, 0.1) is 10.6 Å². The average Bonchev–Trinajstić information content (AvgIpc) is 2.76. The third-order valence-electron chi connectivity index (χ3n) is 4.40. The molecule has 166 valence electrons. The third kappa shape index (κ3) is 6.14. The summed E-state index contributed by atoms with van der Waals surface area (Å²) in [5.41, 5.74) is 6.80. The molecule has 0 aliphatic heterocycles. The number of amides is 1. The summed E-state index contributed by atoms with van der Waals surface area (Å²) in [5, 5.41) is 5.98. The molecule has 0 fully saturated rings. The van der Waals surface area contributed by atoms with Crippen molar-refractivity contribution in [2.75, 3.05) is 11.1 Å². The lowest BCUT2D eigenvalue weighted by molar-refractivity contribution is -0.148. The van der Waals surface area contributed by atoms with Crippen LogP contribution in [0.25, 0.3) is 0 Å². The van der Waals surface area contributed by atoms with E-state index in [-0.39, 0.29) is 35.8 Å². The molecule has 0 radical (unpaired) electrons. The minimum Gasteiger partial charge on any atom is -0.456 e.